The van der Waals surface area contributed by atoms with Gasteiger partial charge >= 0.3 is 0 Å². The third-order valence-corrected chi connectivity index (χ3v) is 3.39. The van der Waals surface area contributed by atoms with Crippen LogP contribution in [0.3, 0.4) is 0 Å². The molecule has 0 aromatic heterocycles. The molecule has 0 saturated heterocycles. The van der Waals surface area contributed by atoms with Gasteiger partial charge in [0, 0.05) is 0 Å². The Bertz CT molecular complexity index is 130. The fourth-order valence-corrected chi connectivity index (χ4v) is 2.34. The van der Waals surface area contributed by atoms with Crippen molar-refractivity contribution in [3.8, 4) is 0 Å². The van der Waals surface area contributed by atoms with Crippen LogP contribution in [0.2, 0.25) is 0 Å². The summed E-state index contributed by atoms with van der Waals surface area (Å²) in [6.45, 7) is 3.36. The van der Waals surface area contributed by atoms with Crippen molar-refractivity contribution in [2.75, 3.05) is 26.7 Å². The maximum absolute atomic E-state index is 5.47. The second-order valence-electron chi connectivity index (χ2n) is 4.74. The standard InChI is InChI=1S/C12H26N2/c1-14(10-5-4-9-13)11-8-12-6-2-3-7-12/h12H,2-11,13H2,1H3. The normalized spacial score (nSPS) is 18.2. The van der Waals surface area contributed by atoms with Crippen molar-refractivity contribution in [2.24, 2.45) is 11.7 Å². The van der Waals surface area contributed by atoms with Gasteiger partial charge in [-0.1, -0.05) is 25.7 Å². The summed E-state index contributed by atoms with van der Waals surface area (Å²) in [6, 6.07) is 0. The zero-order chi connectivity index (χ0) is 10.2. The second-order valence-corrected chi connectivity index (χ2v) is 4.74. The van der Waals surface area contributed by atoms with Crippen LogP contribution in [0.4, 0.5) is 0 Å². The van der Waals surface area contributed by atoms with Gasteiger partial charge in [-0.25, -0.2) is 0 Å². The molecule has 1 aliphatic rings. The summed E-state index contributed by atoms with van der Waals surface area (Å²) in [4.78, 5) is 2.47. The molecule has 1 rings (SSSR count). The van der Waals surface area contributed by atoms with Gasteiger partial charge in [-0.3, -0.25) is 0 Å². The van der Waals surface area contributed by atoms with E-state index in [1.165, 1.54) is 58.0 Å². The van der Waals surface area contributed by atoms with Gasteiger partial charge in [-0.15, -0.1) is 0 Å². The minimum absolute atomic E-state index is 0.844. The smallest absolute Gasteiger partial charge is 0.00191 e. The lowest BCUT2D eigenvalue weighted by molar-refractivity contribution is 0.295. The van der Waals surface area contributed by atoms with Gasteiger partial charge in [0.15, 0.2) is 0 Å². The molecule has 1 aliphatic carbocycles. The monoisotopic (exact) mass is 198 g/mol. The van der Waals surface area contributed by atoms with Crippen LogP contribution in [0.15, 0.2) is 0 Å². The lowest BCUT2D eigenvalue weighted by atomic mass is 10.0. The Kier molecular flexibility index (Phi) is 6.20. The van der Waals surface area contributed by atoms with E-state index in [1.54, 1.807) is 0 Å². The molecule has 0 amide bonds. The van der Waals surface area contributed by atoms with Gasteiger partial charge in [0.05, 0.1) is 0 Å². The summed E-state index contributed by atoms with van der Waals surface area (Å²) < 4.78 is 0. The summed E-state index contributed by atoms with van der Waals surface area (Å²) >= 11 is 0. The largest absolute Gasteiger partial charge is 0.330 e. The van der Waals surface area contributed by atoms with Gasteiger partial charge in [-0.05, 0) is 51.9 Å². The van der Waals surface area contributed by atoms with E-state index in [4.69, 9.17) is 5.73 Å². The Labute approximate surface area is 88.8 Å². The van der Waals surface area contributed by atoms with Crippen LogP contribution in [0.25, 0.3) is 0 Å². The Morgan fingerprint density at radius 2 is 1.86 bits per heavy atom. The van der Waals surface area contributed by atoms with Gasteiger partial charge in [0.25, 0.3) is 0 Å². The van der Waals surface area contributed by atoms with E-state index >= 15 is 0 Å². The quantitative estimate of drug-likeness (QED) is 0.636. The van der Waals surface area contributed by atoms with Crippen molar-refractivity contribution in [1.82, 2.24) is 4.90 Å². The summed E-state index contributed by atoms with van der Waals surface area (Å²) in [6.07, 6.45) is 9.76. The molecule has 0 spiro atoms. The molecule has 2 heteroatoms. The average molecular weight is 198 g/mol. The molecule has 0 atom stereocenters. The summed E-state index contributed by atoms with van der Waals surface area (Å²) in [5.74, 6) is 1.03. The summed E-state index contributed by atoms with van der Waals surface area (Å²) in [7, 11) is 2.24. The third-order valence-electron chi connectivity index (χ3n) is 3.39. The van der Waals surface area contributed by atoms with Crippen LogP contribution in [-0.4, -0.2) is 31.6 Å². The van der Waals surface area contributed by atoms with E-state index in [9.17, 15) is 0 Å². The van der Waals surface area contributed by atoms with E-state index in [1.807, 2.05) is 0 Å². The zero-order valence-electron chi connectivity index (χ0n) is 9.67. The molecule has 0 unspecified atom stereocenters. The minimum atomic E-state index is 0.844. The molecule has 0 heterocycles. The highest BCUT2D eigenvalue weighted by Crippen LogP contribution is 2.27. The maximum Gasteiger partial charge on any atom is -0.00191 e. The molecule has 2 N–H and O–H groups in total. The van der Waals surface area contributed by atoms with Crippen molar-refractivity contribution in [3.63, 3.8) is 0 Å². The van der Waals surface area contributed by atoms with Gasteiger partial charge in [0.1, 0.15) is 0 Å². The number of hydrogen-bond donors (Lipinski definition) is 1. The van der Waals surface area contributed by atoms with Crippen molar-refractivity contribution in [1.29, 1.82) is 0 Å². The van der Waals surface area contributed by atoms with Crippen LogP contribution in [0.5, 0.6) is 0 Å². The Morgan fingerprint density at radius 1 is 1.14 bits per heavy atom. The van der Waals surface area contributed by atoms with Crippen LogP contribution < -0.4 is 5.73 Å². The number of nitrogens with two attached hydrogens (primary N) is 1. The van der Waals surface area contributed by atoms with Crippen LogP contribution >= 0.6 is 0 Å². The zero-order valence-corrected chi connectivity index (χ0v) is 9.67. The first-order chi connectivity index (χ1) is 6.83. The number of unbranched alkanes of at least 4 members (excludes halogenated alkanes) is 1. The van der Waals surface area contributed by atoms with Gasteiger partial charge in [0.2, 0.25) is 0 Å². The highest BCUT2D eigenvalue weighted by Gasteiger charge is 2.14. The lowest BCUT2D eigenvalue weighted by Gasteiger charge is -2.18. The van der Waals surface area contributed by atoms with Crippen LogP contribution in [0, 0.1) is 5.92 Å². The lowest BCUT2D eigenvalue weighted by Crippen LogP contribution is -2.23. The van der Waals surface area contributed by atoms with Crippen LogP contribution in [-0.2, 0) is 0 Å². The SMILES string of the molecule is CN(CCCCN)CCC1CCCC1. The van der Waals surface area contributed by atoms with E-state index in [-0.39, 0.29) is 0 Å². The summed E-state index contributed by atoms with van der Waals surface area (Å²) in [5.41, 5.74) is 5.47. The number of nitrogens with zero attached hydrogens (tertiary/aromatic N) is 1. The van der Waals surface area contributed by atoms with E-state index < -0.39 is 0 Å². The molecule has 0 aromatic carbocycles. The highest BCUT2D eigenvalue weighted by molar-refractivity contribution is 4.68. The number of rotatable bonds is 7. The first-order valence-electron chi connectivity index (χ1n) is 6.21. The van der Waals surface area contributed by atoms with Crippen molar-refractivity contribution in [3.05, 3.63) is 0 Å². The van der Waals surface area contributed by atoms with E-state index in [0.29, 0.717) is 0 Å². The van der Waals surface area contributed by atoms with E-state index in [0.717, 1.165) is 12.5 Å². The summed E-state index contributed by atoms with van der Waals surface area (Å²) in [5, 5.41) is 0. The Balaban J connectivity index is 1.93. The molecule has 84 valence electrons. The molecule has 1 fully saturated rings. The first kappa shape index (κ1) is 12.0. The molecule has 0 bridgehead atoms. The predicted molar refractivity (Wildman–Crippen MR) is 62.4 cm³/mol. The van der Waals surface area contributed by atoms with Crippen molar-refractivity contribution >= 4 is 0 Å². The minimum Gasteiger partial charge on any atom is -0.330 e. The Morgan fingerprint density at radius 3 is 2.50 bits per heavy atom. The second kappa shape index (κ2) is 7.24. The van der Waals surface area contributed by atoms with Gasteiger partial charge in [-0.2, -0.15) is 0 Å². The molecule has 1 saturated carbocycles. The molecular formula is C12H26N2. The molecule has 0 radical (unpaired) electrons. The van der Waals surface area contributed by atoms with E-state index in [2.05, 4.69) is 11.9 Å². The van der Waals surface area contributed by atoms with Gasteiger partial charge < -0.3 is 10.6 Å². The average Bonchev–Trinajstić information content (AvgIpc) is 2.68. The fraction of sp³-hybridized carbons (Fsp3) is 1.00. The van der Waals surface area contributed by atoms with Crippen LogP contribution in [0.1, 0.15) is 44.9 Å². The maximum atomic E-state index is 5.47. The molecular weight excluding hydrogens is 172 g/mol. The first-order valence-corrected chi connectivity index (χ1v) is 6.21. The Hall–Kier alpha value is -0.0800. The molecule has 14 heavy (non-hydrogen) atoms. The molecule has 2 nitrogen and oxygen atoms in total. The van der Waals surface area contributed by atoms with Crippen molar-refractivity contribution in [2.45, 2.75) is 44.9 Å². The highest BCUT2D eigenvalue weighted by atomic mass is 15.1. The molecule has 0 aromatic rings. The third kappa shape index (κ3) is 4.97. The number of hydrogen-bond acceptors (Lipinski definition) is 2. The predicted octanol–water partition coefficient (Wildman–Crippen LogP) is 2.24. The molecule has 0 aliphatic heterocycles. The topological polar surface area (TPSA) is 29.3 Å². The van der Waals surface area contributed by atoms with Crippen molar-refractivity contribution < 1.29 is 0 Å². The fourth-order valence-electron chi connectivity index (χ4n) is 2.34.